The van der Waals surface area contributed by atoms with Gasteiger partial charge in [-0.2, -0.15) is 0 Å². The molecule has 102 valence electrons. The molecule has 0 heterocycles. The van der Waals surface area contributed by atoms with Crippen molar-refractivity contribution in [3.05, 3.63) is 35.9 Å². The Labute approximate surface area is 112 Å². The Morgan fingerprint density at radius 2 is 1.83 bits per heavy atom. The van der Waals surface area contributed by atoms with Gasteiger partial charge in [-0.1, -0.05) is 50.0 Å². The SMILES string of the molecule is C[Si](C)(C)CC(CCc1ccccc1)OCCO. The monoisotopic (exact) mass is 266 g/mol. The molecular formula is C15H26O2Si. The molecule has 1 N–H and O–H groups in total. The molecule has 0 aliphatic rings. The fourth-order valence-electron chi connectivity index (χ4n) is 2.12. The van der Waals surface area contributed by atoms with E-state index in [2.05, 4.69) is 43.9 Å². The Morgan fingerprint density at radius 1 is 1.17 bits per heavy atom. The molecule has 0 aromatic heterocycles. The first kappa shape index (κ1) is 15.4. The molecule has 0 aliphatic carbocycles. The summed E-state index contributed by atoms with van der Waals surface area (Å²) in [5.74, 6) is 0. The van der Waals surface area contributed by atoms with Gasteiger partial charge in [-0.05, 0) is 24.4 Å². The minimum absolute atomic E-state index is 0.119. The van der Waals surface area contributed by atoms with Gasteiger partial charge in [0, 0.05) is 8.07 Å². The highest BCUT2D eigenvalue weighted by Crippen LogP contribution is 2.18. The lowest BCUT2D eigenvalue weighted by Crippen LogP contribution is -2.29. The van der Waals surface area contributed by atoms with Crippen molar-refractivity contribution in [3.63, 3.8) is 0 Å². The Morgan fingerprint density at radius 3 is 2.39 bits per heavy atom. The molecule has 3 heteroatoms. The van der Waals surface area contributed by atoms with Gasteiger partial charge in [0.2, 0.25) is 0 Å². The third-order valence-corrected chi connectivity index (χ3v) is 4.56. The predicted octanol–water partition coefficient (Wildman–Crippen LogP) is 3.33. The minimum atomic E-state index is -1.12. The molecular weight excluding hydrogens is 240 g/mol. The van der Waals surface area contributed by atoms with E-state index >= 15 is 0 Å². The summed E-state index contributed by atoms with van der Waals surface area (Å²) in [5, 5.41) is 8.89. The van der Waals surface area contributed by atoms with Gasteiger partial charge in [-0.3, -0.25) is 0 Å². The zero-order valence-electron chi connectivity index (χ0n) is 11.9. The highest BCUT2D eigenvalue weighted by Gasteiger charge is 2.20. The van der Waals surface area contributed by atoms with Crippen molar-refractivity contribution < 1.29 is 9.84 Å². The van der Waals surface area contributed by atoms with Crippen LogP contribution in [-0.2, 0) is 11.2 Å². The second-order valence-corrected chi connectivity index (χ2v) is 11.5. The number of rotatable bonds is 8. The smallest absolute Gasteiger partial charge is 0.0701 e. The van der Waals surface area contributed by atoms with Crippen LogP contribution in [0.5, 0.6) is 0 Å². The molecule has 0 fully saturated rings. The zero-order chi connectivity index (χ0) is 13.4. The van der Waals surface area contributed by atoms with E-state index in [9.17, 15) is 0 Å². The van der Waals surface area contributed by atoms with E-state index in [1.54, 1.807) is 0 Å². The van der Waals surface area contributed by atoms with E-state index in [0.29, 0.717) is 12.7 Å². The molecule has 0 spiro atoms. The summed E-state index contributed by atoms with van der Waals surface area (Å²) in [6.45, 7) is 7.68. The number of aliphatic hydroxyl groups excluding tert-OH is 1. The van der Waals surface area contributed by atoms with Crippen LogP contribution in [0.3, 0.4) is 0 Å². The number of hydrogen-bond donors (Lipinski definition) is 1. The second-order valence-electron chi connectivity index (χ2n) is 6.01. The van der Waals surface area contributed by atoms with Gasteiger partial charge in [-0.25, -0.2) is 0 Å². The summed E-state index contributed by atoms with van der Waals surface area (Å²) >= 11 is 0. The van der Waals surface area contributed by atoms with Crippen LogP contribution in [0.4, 0.5) is 0 Å². The zero-order valence-corrected chi connectivity index (χ0v) is 12.9. The second kappa shape index (κ2) is 7.72. The van der Waals surface area contributed by atoms with E-state index in [1.807, 2.05) is 6.07 Å². The molecule has 1 aromatic carbocycles. The molecule has 0 radical (unpaired) electrons. The molecule has 2 nitrogen and oxygen atoms in total. The first-order valence-corrected chi connectivity index (χ1v) is 10.5. The Bertz CT molecular complexity index is 319. The molecule has 0 aliphatic heterocycles. The molecule has 1 rings (SSSR count). The Hall–Kier alpha value is -0.643. The van der Waals surface area contributed by atoms with Gasteiger partial charge in [0.15, 0.2) is 0 Å². The van der Waals surface area contributed by atoms with Crippen molar-refractivity contribution in [3.8, 4) is 0 Å². The molecule has 0 saturated carbocycles. The van der Waals surface area contributed by atoms with Gasteiger partial charge in [0.25, 0.3) is 0 Å². The maximum absolute atomic E-state index is 8.89. The van der Waals surface area contributed by atoms with Crippen LogP contribution in [0.15, 0.2) is 30.3 Å². The first-order valence-electron chi connectivity index (χ1n) is 6.77. The van der Waals surface area contributed by atoms with Crippen LogP contribution < -0.4 is 0 Å². The fourth-order valence-corrected chi connectivity index (χ4v) is 3.81. The number of hydrogen-bond acceptors (Lipinski definition) is 2. The molecule has 1 unspecified atom stereocenters. The van der Waals surface area contributed by atoms with Gasteiger partial charge < -0.3 is 9.84 Å². The van der Waals surface area contributed by atoms with E-state index < -0.39 is 8.07 Å². The van der Waals surface area contributed by atoms with Crippen molar-refractivity contribution in [2.45, 2.75) is 44.6 Å². The molecule has 1 atom stereocenters. The van der Waals surface area contributed by atoms with Gasteiger partial charge in [-0.15, -0.1) is 0 Å². The maximum Gasteiger partial charge on any atom is 0.0701 e. The summed E-state index contributed by atoms with van der Waals surface area (Å²) < 4.78 is 5.77. The third kappa shape index (κ3) is 6.94. The van der Waals surface area contributed by atoms with Gasteiger partial charge in [0.1, 0.15) is 0 Å². The van der Waals surface area contributed by atoms with E-state index in [-0.39, 0.29) is 6.61 Å². The largest absolute Gasteiger partial charge is 0.394 e. The summed E-state index contributed by atoms with van der Waals surface area (Å²) in [6, 6.07) is 11.7. The summed E-state index contributed by atoms with van der Waals surface area (Å²) in [6.07, 6.45) is 2.40. The standard InChI is InChI=1S/C15H26O2Si/c1-18(2,3)13-15(17-12-11-16)10-9-14-7-5-4-6-8-14/h4-8,15-16H,9-13H2,1-3H3. The average Bonchev–Trinajstić information content (AvgIpc) is 2.32. The lowest BCUT2D eigenvalue weighted by molar-refractivity contribution is 0.0342. The molecule has 0 saturated heterocycles. The van der Waals surface area contributed by atoms with Crippen molar-refractivity contribution >= 4 is 8.07 Å². The van der Waals surface area contributed by atoms with Crippen molar-refractivity contribution in [1.29, 1.82) is 0 Å². The van der Waals surface area contributed by atoms with Crippen molar-refractivity contribution in [2.24, 2.45) is 0 Å². The van der Waals surface area contributed by atoms with Crippen molar-refractivity contribution in [1.82, 2.24) is 0 Å². The Balaban J connectivity index is 2.45. The quantitative estimate of drug-likeness (QED) is 0.731. The number of ether oxygens (including phenoxy) is 1. The van der Waals surface area contributed by atoms with E-state index in [4.69, 9.17) is 9.84 Å². The van der Waals surface area contributed by atoms with E-state index in [1.165, 1.54) is 11.6 Å². The lowest BCUT2D eigenvalue weighted by Gasteiger charge is -2.24. The van der Waals surface area contributed by atoms with Crippen LogP contribution in [0.25, 0.3) is 0 Å². The molecule has 0 amide bonds. The molecule has 0 bridgehead atoms. The minimum Gasteiger partial charge on any atom is -0.394 e. The third-order valence-electron chi connectivity index (χ3n) is 2.88. The summed E-state index contributed by atoms with van der Waals surface area (Å²) in [5.41, 5.74) is 1.37. The fraction of sp³-hybridized carbons (Fsp3) is 0.600. The first-order chi connectivity index (χ1) is 8.51. The van der Waals surface area contributed by atoms with Crippen LogP contribution in [0.1, 0.15) is 12.0 Å². The maximum atomic E-state index is 8.89. The van der Waals surface area contributed by atoms with Crippen LogP contribution >= 0.6 is 0 Å². The normalized spacial score (nSPS) is 13.6. The Kier molecular flexibility index (Phi) is 6.61. The molecule has 18 heavy (non-hydrogen) atoms. The number of benzene rings is 1. The van der Waals surface area contributed by atoms with Crippen LogP contribution in [-0.4, -0.2) is 32.5 Å². The number of aliphatic hydroxyl groups is 1. The van der Waals surface area contributed by atoms with Crippen LogP contribution in [0.2, 0.25) is 25.7 Å². The lowest BCUT2D eigenvalue weighted by atomic mass is 10.1. The van der Waals surface area contributed by atoms with Crippen molar-refractivity contribution in [2.75, 3.05) is 13.2 Å². The highest BCUT2D eigenvalue weighted by atomic mass is 28.3. The summed E-state index contributed by atoms with van der Waals surface area (Å²) in [4.78, 5) is 0. The summed E-state index contributed by atoms with van der Waals surface area (Å²) in [7, 11) is -1.12. The molecule has 1 aromatic rings. The predicted molar refractivity (Wildman–Crippen MR) is 79.7 cm³/mol. The topological polar surface area (TPSA) is 29.5 Å². The highest BCUT2D eigenvalue weighted by molar-refractivity contribution is 6.76. The van der Waals surface area contributed by atoms with Gasteiger partial charge in [0.05, 0.1) is 19.3 Å². The van der Waals surface area contributed by atoms with E-state index in [0.717, 1.165) is 12.8 Å². The average molecular weight is 266 g/mol. The van der Waals surface area contributed by atoms with Gasteiger partial charge >= 0.3 is 0 Å². The van der Waals surface area contributed by atoms with Crippen LogP contribution in [0, 0.1) is 0 Å². The number of aryl methyl sites for hydroxylation is 1.